The van der Waals surface area contributed by atoms with Crippen LogP contribution >= 0.6 is 0 Å². The molecule has 6 heteroatoms. The second-order valence-corrected chi connectivity index (χ2v) is 6.56. The van der Waals surface area contributed by atoms with Crippen molar-refractivity contribution in [2.75, 3.05) is 0 Å². The van der Waals surface area contributed by atoms with E-state index in [1.54, 1.807) is 12.1 Å². The molecule has 3 fully saturated rings. The second kappa shape index (κ2) is 4.69. The molecule has 2 amide bonds. The lowest BCUT2D eigenvalue weighted by Gasteiger charge is -2.25. The number of hydrogen-bond donors (Lipinski definition) is 1. The van der Waals surface area contributed by atoms with E-state index < -0.39 is 12.0 Å². The molecule has 0 radical (unpaired) electrons. The highest BCUT2D eigenvalue weighted by molar-refractivity contribution is 6.06. The number of amides is 2. The highest BCUT2D eigenvalue weighted by atomic mass is 16.4. The first-order valence-corrected chi connectivity index (χ1v) is 7.70. The van der Waals surface area contributed by atoms with Gasteiger partial charge in [-0.2, -0.15) is 0 Å². The van der Waals surface area contributed by atoms with Crippen LogP contribution in [0.15, 0.2) is 22.8 Å². The van der Waals surface area contributed by atoms with Crippen LogP contribution in [0.4, 0.5) is 0 Å². The molecule has 0 unspecified atom stereocenters. The summed E-state index contributed by atoms with van der Waals surface area (Å²) in [5, 5.41) is 9.14. The Morgan fingerprint density at radius 3 is 2.41 bits per heavy atom. The van der Waals surface area contributed by atoms with Gasteiger partial charge in [0.25, 0.3) is 0 Å². The molecule has 116 valence electrons. The number of likely N-dealkylation sites (tertiary alicyclic amines) is 1. The molecule has 1 aromatic heterocycles. The number of aliphatic carboxylic acids is 1. The quantitative estimate of drug-likeness (QED) is 0.857. The lowest BCUT2D eigenvalue weighted by Crippen LogP contribution is -2.37. The molecule has 2 bridgehead atoms. The van der Waals surface area contributed by atoms with E-state index in [0.29, 0.717) is 17.6 Å². The summed E-state index contributed by atoms with van der Waals surface area (Å²) in [5.74, 6) is -1.000. The van der Waals surface area contributed by atoms with Crippen LogP contribution < -0.4 is 0 Å². The smallest absolute Gasteiger partial charge is 0.305 e. The van der Waals surface area contributed by atoms with Gasteiger partial charge in [0, 0.05) is 0 Å². The zero-order valence-electron chi connectivity index (χ0n) is 12.0. The molecule has 22 heavy (non-hydrogen) atoms. The van der Waals surface area contributed by atoms with Gasteiger partial charge in [-0.25, -0.2) is 0 Å². The number of carbonyl (C=O) groups is 3. The van der Waals surface area contributed by atoms with Crippen LogP contribution in [-0.2, 0) is 14.4 Å². The fourth-order valence-corrected chi connectivity index (χ4v) is 4.70. The molecule has 2 heterocycles. The van der Waals surface area contributed by atoms with E-state index in [-0.39, 0.29) is 30.1 Å². The van der Waals surface area contributed by atoms with Crippen molar-refractivity contribution in [1.82, 2.24) is 4.90 Å². The summed E-state index contributed by atoms with van der Waals surface area (Å²) in [7, 11) is 0. The average molecular weight is 303 g/mol. The number of rotatable bonds is 4. The van der Waals surface area contributed by atoms with Crippen LogP contribution in [0, 0.1) is 23.7 Å². The number of hydrogen-bond acceptors (Lipinski definition) is 4. The van der Waals surface area contributed by atoms with Crippen LogP contribution in [0.2, 0.25) is 0 Å². The maximum absolute atomic E-state index is 12.8. The Kier molecular flexibility index (Phi) is 2.89. The van der Waals surface area contributed by atoms with E-state index in [1.807, 2.05) is 0 Å². The minimum Gasteiger partial charge on any atom is -0.481 e. The molecule has 1 saturated heterocycles. The van der Waals surface area contributed by atoms with Crippen molar-refractivity contribution in [2.45, 2.75) is 31.7 Å². The van der Waals surface area contributed by atoms with Gasteiger partial charge in [-0.05, 0) is 43.2 Å². The molecular formula is C16H17NO5. The fourth-order valence-electron chi connectivity index (χ4n) is 4.70. The third kappa shape index (κ3) is 1.76. The van der Waals surface area contributed by atoms with Gasteiger partial charge in [0.2, 0.25) is 11.8 Å². The minimum absolute atomic E-state index is 0.204. The molecule has 2 saturated carbocycles. The van der Waals surface area contributed by atoms with E-state index in [0.717, 1.165) is 19.3 Å². The molecule has 4 rings (SSSR count). The summed E-state index contributed by atoms with van der Waals surface area (Å²) in [6.45, 7) is 0. The van der Waals surface area contributed by atoms with E-state index in [1.165, 1.54) is 11.2 Å². The summed E-state index contributed by atoms with van der Waals surface area (Å²) in [6.07, 6.45) is 4.08. The van der Waals surface area contributed by atoms with Gasteiger partial charge in [-0.15, -0.1) is 0 Å². The number of carboxylic acid groups (broad SMARTS) is 1. The first kappa shape index (κ1) is 13.5. The van der Waals surface area contributed by atoms with Crippen LogP contribution in [0.5, 0.6) is 0 Å². The minimum atomic E-state index is -1.05. The van der Waals surface area contributed by atoms with E-state index in [4.69, 9.17) is 9.52 Å². The summed E-state index contributed by atoms with van der Waals surface area (Å²) < 4.78 is 5.29. The molecule has 2 aliphatic carbocycles. The fraction of sp³-hybridized carbons (Fsp3) is 0.562. The molecule has 1 aliphatic heterocycles. The molecule has 0 aromatic carbocycles. The zero-order chi connectivity index (χ0) is 15.4. The normalized spacial score (nSPS) is 34.3. The predicted octanol–water partition coefficient (Wildman–Crippen LogP) is 1.83. The average Bonchev–Trinajstić information content (AvgIpc) is 3.22. The van der Waals surface area contributed by atoms with Crippen molar-refractivity contribution in [2.24, 2.45) is 23.7 Å². The number of imide groups is 1. The largest absolute Gasteiger partial charge is 0.481 e. The van der Waals surface area contributed by atoms with Gasteiger partial charge in [-0.1, -0.05) is 0 Å². The number of nitrogens with zero attached hydrogens (tertiary/aromatic N) is 1. The summed E-state index contributed by atoms with van der Waals surface area (Å²) >= 11 is 0. The SMILES string of the molecule is O=C(O)C[C@H](c1ccco1)N1C(=O)[C@@H]2[C@@H]3CC[C@@H](C3)[C@@H]2C1=O. The second-order valence-electron chi connectivity index (χ2n) is 6.56. The van der Waals surface area contributed by atoms with Gasteiger partial charge in [0.15, 0.2) is 0 Å². The van der Waals surface area contributed by atoms with Gasteiger partial charge in [-0.3, -0.25) is 19.3 Å². The van der Waals surface area contributed by atoms with Gasteiger partial charge in [0.05, 0.1) is 24.5 Å². The van der Waals surface area contributed by atoms with Gasteiger partial charge >= 0.3 is 5.97 Å². The lowest BCUT2D eigenvalue weighted by atomic mass is 9.81. The van der Waals surface area contributed by atoms with E-state index in [2.05, 4.69) is 0 Å². The highest BCUT2D eigenvalue weighted by Crippen LogP contribution is 2.57. The Bertz CT molecular complexity index is 609. The van der Waals surface area contributed by atoms with E-state index >= 15 is 0 Å². The maximum atomic E-state index is 12.8. The number of fused-ring (bicyclic) bond motifs is 5. The Morgan fingerprint density at radius 1 is 1.27 bits per heavy atom. The lowest BCUT2D eigenvalue weighted by molar-refractivity contribution is -0.147. The van der Waals surface area contributed by atoms with Crippen molar-refractivity contribution in [1.29, 1.82) is 0 Å². The third-order valence-corrected chi connectivity index (χ3v) is 5.51. The van der Waals surface area contributed by atoms with E-state index in [9.17, 15) is 14.4 Å². The first-order chi connectivity index (χ1) is 10.6. The van der Waals surface area contributed by atoms with Crippen LogP contribution in [0.3, 0.4) is 0 Å². The molecular weight excluding hydrogens is 286 g/mol. The Balaban J connectivity index is 1.70. The molecule has 3 aliphatic rings. The maximum Gasteiger partial charge on any atom is 0.305 e. The Morgan fingerprint density at radius 2 is 1.91 bits per heavy atom. The standard InChI is InChI=1S/C16H17NO5/c18-12(19)7-10(11-2-1-5-22-11)17-15(20)13-8-3-4-9(6-8)14(13)16(17)21/h1-2,5,8-10,13-14H,3-4,6-7H2,(H,18,19)/t8-,9+,10-,13-,14+/m1/s1. The summed E-state index contributed by atoms with van der Waals surface area (Å²) in [4.78, 5) is 37.9. The molecule has 1 aromatic rings. The molecule has 5 atom stereocenters. The van der Waals surface area contributed by atoms with Crippen molar-refractivity contribution < 1.29 is 23.9 Å². The molecule has 1 N–H and O–H groups in total. The van der Waals surface area contributed by atoms with Gasteiger partial charge in [0.1, 0.15) is 11.8 Å². The van der Waals surface area contributed by atoms with Crippen molar-refractivity contribution in [3.63, 3.8) is 0 Å². The van der Waals surface area contributed by atoms with Crippen LogP contribution in [0.1, 0.15) is 37.5 Å². The van der Waals surface area contributed by atoms with Crippen molar-refractivity contribution >= 4 is 17.8 Å². The molecule has 6 nitrogen and oxygen atoms in total. The Hall–Kier alpha value is -2.11. The van der Waals surface area contributed by atoms with Crippen molar-refractivity contribution in [3.05, 3.63) is 24.2 Å². The van der Waals surface area contributed by atoms with Crippen molar-refractivity contribution in [3.8, 4) is 0 Å². The Labute approximate surface area is 127 Å². The number of carboxylic acids is 1. The predicted molar refractivity (Wildman–Crippen MR) is 73.4 cm³/mol. The first-order valence-electron chi connectivity index (χ1n) is 7.70. The topological polar surface area (TPSA) is 87.8 Å². The zero-order valence-corrected chi connectivity index (χ0v) is 12.0. The third-order valence-electron chi connectivity index (χ3n) is 5.51. The van der Waals surface area contributed by atoms with Gasteiger partial charge < -0.3 is 9.52 Å². The van der Waals surface area contributed by atoms with Crippen LogP contribution in [-0.4, -0.2) is 27.8 Å². The summed E-state index contributed by atoms with van der Waals surface area (Å²) in [5.41, 5.74) is 0. The number of carbonyl (C=O) groups excluding carboxylic acids is 2. The molecule has 0 spiro atoms. The highest BCUT2D eigenvalue weighted by Gasteiger charge is 2.62. The summed E-state index contributed by atoms with van der Waals surface area (Å²) in [6, 6.07) is 2.42. The monoisotopic (exact) mass is 303 g/mol. The number of furan rings is 1. The van der Waals surface area contributed by atoms with Crippen LogP contribution in [0.25, 0.3) is 0 Å².